The molecule has 1 aromatic heterocycles. The quantitative estimate of drug-likeness (QED) is 0.558. The zero-order valence-electron chi connectivity index (χ0n) is 13.9. The predicted octanol–water partition coefficient (Wildman–Crippen LogP) is 5.82. The lowest BCUT2D eigenvalue weighted by atomic mass is 10.1. The molecule has 0 fully saturated rings. The monoisotopic (exact) mass is 342 g/mol. The van der Waals surface area contributed by atoms with Crippen LogP contribution in [0, 0.1) is 5.82 Å². The highest BCUT2D eigenvalue weighted by Gasteiger charge is 2.12. The molecule has 3 rings (SSSR count). The maximum Gasteiger partial charge on any atom is 0.202 e. The Hall–Kier alpha value is -2.46. The molecule has 24 heavy (non-hydrogen) atoms. The lowest BCUT2D eigenvalue weighted by Crippen LogP contribution is -1.98. The van der Waals surface area contributed by atoms with Crippen LogP contribution in [-0.4, -0.2) is 12.9 Å². The van der Waals surface area contributed by atoms with Crippen LogP contribution >= 0.6 is 11.3 Å². The Morgan fingerprint density at radius 3 is 2.12 bits per heavy atom. The average molecular weight is 342 g/mol. The summed E-state index contributed by atoms with van der Waals surface area (Å²) in [7, 11) is 1.59. The van der Waals surface area contributed by atoms with Gasteiger partial charge in [0.25, 0.3) is 0 Å². The van der Waals surface area contributed by atoms with Crippen LogP contribution in [-0.2, 0) is 0 Å². The molecular formula is C20H19FO2S. The smallest absolute Gasteiger partial charge is 0.202 e. The standard InChI is InChI=1S/C18H13FO2S.C2H6/c1-21-15-8-4-13(5-9-15)18(20)17-11-10-16(22-17)12-2-6-14(19)7-3-12;1-2/h2-11H,1H3;1-2H3. The molecule has 124 valence electrons. The Morgan fingerprint density at radius 1 is 0.917 bits per heavy atom. The van der Waals surface area contributed by atoms with Crippen LogP contribution in [0.3, 0.4) is 0 Å². The van der Waals surface area contributed by atoms with E-state index in [0.29, 0.717) is 10.4 Å². The van der Waals surface area contributed by atoms with Gasteiger partial charge in [0.15, 0.2) is 0 Å². The number of methoxy groups -OCH3 is 1. The summed E-state index contributed by atoms with van der Waals surface area (Å²) in [5, 5.41) is 0. The molecule has 0 N–H and O–H groups in total. The number of hydrogen-bond donors (Lipinski definition) is 0. The Morgan fingerprint density at radius 2 is 1.54 bits per heavy atom. The second-order valence-corrected chi connectivity index (χ2v) is 5.81. The summed E-state index contributed by atoms with van der Waals surface area (Å²) in [6.07, 6.45) is 0. The Labute approximate surface area is 145 Å². The van der Waals surface area contributed by atoms with Crippen LogP contribution in [0.5, 0.6) is 5.75 Å². The van der Waals surface area contributed by atoms with Gasteiger partial charge in [-0.25, -0.2) is 4.39 Å². The zero-order chi connectivity index (χ0) is 17.5. The summed E-state index contributed by atoms with van der Waals surface area (Å²) in [4.78, 5) is 14.1. The van der Waals surface area contributed by atoms with Gasteiger partial charge in [0, 0.05) is 10.4 Å². The van der Waals surface area contributed by atoms with Crippen LogP contribution in [0.25, 0.3) is 10.4 Å². The fraction of sp³-hybridized carbons (Fsp3) is 0.150. The number of ether oxygens (including phenoxy) is 1. The minimum Gasteiger partial charge on any atom is -0.497 e. The number of hydrogen-bond acceptors (Lipinski definition) is 3. The van der Waals surface area contributed by atoms with E-state index in [1.165, 1.54) is 23.5 Å². The minimum atomic E-state index is -0.269. The van der Waals surface area contributed by atoms with Crippen molar-refractivity contribution >= 4 is 17.1 Å². The molecule has 2 nitrogen and oxygen atoms in total. The summed E-state index contributed by atoms with van der Waals surface area (Å²) >= 11 is 1.40. The number of ketones is 1. The van der Waals surface area contributed by atoms with Crippen LogP contribution in [0.15, 0.2) is 60.7 Å². The van der Waals surface area contributed by atoms with Crippen molar-refractivity contribution in [1.82, 2.24) is 0 Å². The number of halogens is 1. The second kappa shape index (κ2) is 8.41. The number of benzene rings is 2. The van der Waals surface area contributed by atoms with E-state index in [9.17, 15) is 9.18 Å². The van der Waals surface area contributed by atoms with Gasteiger partial charge in [-0.3, -0.25) is 4.79 Å². The van der Waals surface area contributed by atoms with Gasteiger partial charge in [0.2, 0.25) is 5.78 Å². The van der Waals surface area contributed by atoms with Crippen molar-refractivity contribution in [3.63, 3.8) is 0 Å². The molecule has 0 atom stereocenters. The van der Waals surface area contributed by atoms with Crippen LogP contribution in [0.1, 0.15) is 29.1 Å². The molecule has 0 radical (unpaired) electrons. The molecule has 0 unspecified atom stereocenters. The summed E-state index contributed by atoms with van der Waals surface area (Å²) in [6, 6.07) is 17.0. The van der Waals surface area contributed by atoms with Crippen LogP contribution in [0.4, 0.5) is 4.39 Å². The lowest BCUT2D eigenvalue weighted by Gasteiger charge is -2.01. The third-order valence-electron chi connectivity index (χ3n) is 3.31. The van der Waals surface area contributed by atoms with Crippen LogP contribution in [0.2, 0.25) is 0 Å². The third kappa shape index (κ3) is 4.09. The van der Waals surface area contributed by atoms with E-state index in [1.807, 2.05) is 19.9 Å². The van der Waals surface area contributed by atoms with Crippen molar-refractivity contribution in [2.24, 2.45) is 0 Å². The fourth-order valence-corrected chi connectivity index (χ4v) is 3.09. The van der Waals surface area contributed by atoms with Crippen LogP contribution < -0.4 is 4.74 Å². The Bertz CT molecular complexity index is 789. The van der Waals surface area contributed by atoms with Gasteiger partial charge in [-0.15, -0.1) is 11.3 Å². The second-order valence-electron chi connectivity index (χ2n) is 4.73. The molecular weight excluding hydrogens is 323 g/mol. The van der Waals surface area contributed by atoms with Crippen molar-refractivity contribution in [2.45, 2.75) is 13.8 Å². The highest BCUT2D eigenvalue weighted by Crippen LogP contribution is 2.29. The number of carbonyl (C=O) groups excluding carboxylic acids is 1. The summed E-state index contributed by atoms with van der Waals surface area (Å²) in [6.45, 7) is 4.00. The van der Waals surface area contributed by atoms with Gasteiger partial charge in [-0.05, 0) is 54.1 Å². The fourth-order valence-electron chi connectivity index (χ4n) is 2.11. The molecule has 3 aromatic rings. The molecule has 4 heteroatoms. The van der Waals surface area contributed by atoms with E-state index in [-0.39, 0.29) is 11.6 Å². The molecule has 0 saturated heterocycles. The molecule has 0 saturated carbocycles. The number of carbonyl (C=O) groups is 1. The van der Waals surface area contributed by atoms with E-state index >= 15 is 0 Å². The highest BCUT2D eigenvalue weighted by molar-refractivity contribution is 7.17. The summed E-state index contributed by atoms with van der Waals surface area (Å²) in [5.41, 5.74) is 1.52. The molecule has 0 bridgehead atoms. The maximum absolute atomic E-state index is 13.0. The SMILES string of the molecule is CC.COc1ccc(C(=O)c2ccc(-c3ccc(F)cc3)s2)cc1. The van der Waals surface area contributed by atoms with Crippen molar-refractivity contribution in [3.8, 4) is 16.2 Å². The third-order valence-corrected chi connectivity index (χ3v) is 4.44. The van der Waals surface area contributed by atoms with E-state index in [0.717, 1.165) is 16.2 Å². The molecule has 0 aliphatic rings. The first-order chi connectivity index (χ1) is 11.7. The number of thiophene rings is 1. The summed E-state index contributed by atoms with van der Waals surface area (Å²) in [5.74, 6) is 0.422. The molecule has 0 amide bonds. The van der Waals surface area contributed by atoms with Gasteiger partial charge < -0.3 is 4.74 Å². The lowest BCUT2D eigenvalue weighted by molar-refractivity contribution is 0.104. The first-order valence-electron chi connectivity index (χ1n) is 7.72. The van der Waals surface area contributed by atoms with Crippen molar-refractivity contribution in [1.29, 1.82) is 0 Å². The maximum atomic E-state index is 13.0. The van der Waals surface area contributed by atoms with E-state index in [2.05, 4.69) is 0 Å². The molecule has 0 spiro atoms. The predicted molar refractivity (Wildman–Crippen MR) is 97.5 cm³/mol. The minimum absolute atomic E-state index is 0.0268. The average Bonchev–Trinajstić information content (AvgIpc) is 3.13. The topological polar surface area (TPSA) is 26.3 Å². The molecule has 2 aromatic carbocycles. The summed E-state index contributed by atoms with van der Waals surface area (Å²) < 4.78 is 18.0. The Kier molecular flexibility index (Phi) is 6.27. The number of rotatable bonds is 4. The van der Waals surface area contributed by atoms with E-state index < -0.39 is 0 Å². The van der Waals surface area contributed by atoms with Gasteiger partial charge in [-0.1, -0.05) is 26.0 Å². The Balaban J connectivity index is 0.00000100. The van der Waals surface area contributed by atoms with Gasteiger partial charge in [-0.2, -0.15) is 0 Å². The van der Waals surface area contributed by atoms with E-state index in [4.69, 9.17) is 4.74 Å². The van der Waals surface area contributed by atoms with Gasteiger partial charge in [0.05, 0.1) is 12.0 Å². The van der Waals surface area contributed by atoms with Crippen molar-refractivity contribution in [2.75, 3.05) is 7.11 Å². The normalized spacial score (nSPS) is 9.83. The molecule has 0 aliphatic carbocycles. The first kappa shape index (κ1) is 17.9. The van der Waals surface area contributed by atoms with Crippen molar-refractivity contribution < 1.29 is 13.9 Å². The van der Waals surface area contributed by atoms with Crippen molar-refractivity contribution in [3.05, 3.63) is 76.9 Å². The first-order valence-corrected chi connectivity index (χ1v) is 8.53. The molecule has 0 aliphatic heterocycles. The van der Waals surface area contributed by atoms with Gasteiger partial charge in [0.1, 0.15) is 11.6 Å². The highest BCUT2D eigenvalue weighted by atomic mass is 32.1. The molecule has 1 heterocycles. The van der Waals surface area contributed by atoms with E-state index in [1.54, 1.807) is 49.6 Å². The van der Waals surface area contributed by atoms with Gasteiger partial charge >= 0.3 is 0 Å². The zero-order valence-corrected chi connectivity index (χ0v) is 14.7. The largest absolute Gasteiger partial charge is 0.497 e.